The summed E-state index contributed by atoms with van der Waals surface area (Å²) in [5.41, 5.74) is 6.09. The lowest BCUT2D eigenvalue weighted by atomic mass is 10.1. The lowest BCUT2D eigenvalue weighted by Crippen LogP contribution is -2.13. The van der Waals surface area contributed by atoms with Crippen LogP contribution in [0.1, 0.15) is 36.2 Å². The monoisotopic (exact) mass is 353 g/mol. The third kappa shape index (κ3) is 3.94. The smallest absolute Gasteiger partial charge is 0.221 e. The Labute approximate surface area is 152 Å². The van der Waals surface area contributed by atoms with Crippen molar-refractivity contribution in [1.82, 2.24) is 10.3 Å². The first kappa shape index (κ1) is 18.1. The molecule has 0 atom stereocenters. The van der Waals surface area contributed by atoms with Crippen LogP contribution in [0.2, 0.25) is 0 Å². The van der Waals surface area contributed by atoms with Gasteiger partial charge in [-0.05, 0) is 54.3 Å². The van der Waals surface area contributed by atoms with E-state index in [9.17, 15) is 9.18 Å². The summed E-state index contributed by atoms with van der Waals surface area (Å²) in [5.74, 6) is -0.294. The van der Waals surface area contributed by atoms with Crippen molar-refractivity contribution in [3.05, 3.63) is 64.6 Å². The molecule has 1 amide bonds. The van der Waals surface area contributed by atoms with Gasteiger partial charge in [-0.2, -0.15) is 0 Å². The Morgan fingerprint density at radius 3 is 2.54 bits per heavy atom. The van der Waals surface area contributed by atoms with Gasteiger partial charge in [-0.3, -0.25) is 4.79 Å². The zero-order chi connectivity index (χ0) is 18.7. The van der Waals surface area contributed by atoms with Crippen LogP contribution in [0.4, 0.5) is 10.1 Å². The fourth-order valence-electron chi connectivity index (χ4n) is 3.26. The van der Waals surface area contributed by atoms with E-state index in [0.29, 0.717) is 13.1 Å². The lowest BCUT2D eigenvalue weighted by Gasteiger charge is -2.08. The van der Waals surface area contributed by atoms with Gasteiger partial charge in [0.2, 0.25) is 5.91 Å². The third-order valence-corrected chi connectivity index (χ3v) is 4.59. The maximum absolute atomic E-state index is 14.0. The van der Waals surface area contributed by atoms with Crippen LogP contribution in [0, 0.1) is 12.7 Å². The summed E-state index contributed by atoms with van der Waals surface area (Å²) in [4.78, 5) is 14.5. The minimum Gasteiger partial charge on any atom is -0.358 e. The molecule has 0 unspecified atom stereocenters. The van der Waals surface area contributed by atoms with Crippen LogP contribution in [0.15, 0.2) is 36.4 Å². The van der Waals surface area contributed by atoms with Gasteiger partial charge in [0.05, 0.1) is 5.52 Å². The van der Waals surface area contributed by atoms with E-state index in [-0.39, 0.29) is 11.7 Å². The molecule has 0 saturated heterocycles. The van der Waals surface area contributed by atoms with E-state index in [1.807, 2.05) is 31.2 Å². The largest absolute Gasteiger partial charge is 0.358 e. The van der Waals surface area contributed by atoms with E-state index in [4.69, 9.17) is 0 Å². The van der Waals surface area contributed by atoms with E-state index >= 15 is 0 Å². The fourth-order valence-corrected chi connectivity index (χ4v) is 3.26. The molecule has 3 aromatic rings. The number of H-pyrrole nitrogens is 1. The average molecular weight is 353 g/mol. The van der Waals surface area contributed by atoms with Crippen LogP contribution >= 0.6 is 0 Å². The highest BCUT2D eigenvalue weighted by molar-refractivity contribution is 5.88. The summed E-state index contributed by atoms with van der Waals surface area (Å²) >= 11 is 0. The molecule has 0 aliphatic rings. The molecule has 3 N–H and O–H groups in total. The van der Waals surface area contributed by atoms with Gasteiger partial charge in [0.1, 0.15) is 5.82 Å². The van der Waals surface area contributed by atoms with E-state index in [1.165, 1.54) is 6.92 Å². The topological polar surface area (TPSA) is 56.9 Å². The number of amides is 1. The summed E-state index contributed by atoms with van der Waals surface area (Å²) in [6, 6.07) is 10.9. The van der Waals surface area contributed by atoms with E-state index in [2.05, 4.69) is 22.5 Å². The maximum atomic E-state index is 14.0. The van der Waals surface area contributed by atoms with Gasteiger partial charge < -0.3 is 15.6 Å². The van der Waals surface area contributed by atoms with Crippen molar-refractivity contribution in [2.24, 2.45) is 0 Å². The molecule has 26 heavy (non-hydrogen) atoms. The molecule has 0 radical (unpaired) electrons. The molecule has 5 heteroatoms. The summed E-state index contributed by atoms with van der Waals surface area (Å²) in [6.45, 7) is 6.85. The minimum atomic E-state index is -0.210. The van der Waals surface area contributed by atoms with Crippen molar-refractivity contribution >= 4 is 22.5 Å². The zero-order valence-electron chi connectivity index (χ0n) is 15.4. The van der Waals surface area contributed by atoms with Crippen LogP contribution < -0.4 is 10.6 Å². The summed E-state index contributed by atoms with van der Waals surface area (Å²) in [5, 5.41) is 7.08. The number of halogens is 1. The van der Waals surface area contributed by atoms with Gasteiger partial charge in [-0.15, -0.1) is 0 Å². The predicted octanol–water partition coefficient (Wildman–Crippen LogP) is 4.43. The normalized spacial score (nSPS) is 11.1. The van der Waals surface area contributed by atoms with Gasteiger partial charge >= 0.3 is 0 Å². The van der Waals surface area contributed by atoms with E-state index < -0.39 is 0 Å². The van der Waals surface area contributed by atoms with Gasteiger partial charge in [0.25, 0.3) is 0 Å². The number of aromatic amines is 1. The molecular weight excluding hydrogens is 329 g/mol. The Bertz CT molecular complexity index is 929. The maximum Gasteiger partial charge on any atom is 0.221 e. The lowest BCUT2D eigenvalue weighted by molar-refractivity contribution is -0.114. The van der Waals surface area contributed by atoms with Crippen LogP contribution in [0.5, 0.6) is 0 Å². The van der Waals surface area contributed by atoms with Crippen molar-refractivity contribution in [2.45, 2.75) is 40.3 Å². The number of rotatable bonds is 6. The zero-order valence-corrected chi connectivity index (χ0v) is 15.4. The molecule has 0 aliphatic heterocycles. The second kappa shape index (κ2) is 7.70. The summed E-state index contributed by atoms with van der Waals surface area (Å²) < 4.78 is 14.0. The SMILES string of the molecule is CCc1[nH]c2c(CNCc3ccc(NC(C)=O)cc3)cc(F)cc2c1C. The van der Waals surface area contributed by atoms with Crippen molar-refractivity contribution in [3.63, 3.8) is 0 Å². The standard InChI is InChI=1S/C21H24FN3O/c1-4-20-13(2)19-10-17(22)9-16(21(19)25-20)12-23-11-15-5-7-18(8-6-15)24-14(3)26/h5-10,23,25H,4,11-12H2,1-3H3,(H,24,26). The fraction of sp³-hybridized carbons (Fsp3) is 0.286. The second-order valence-corrected chi connectivity index (χ2v) is 6.55. The van der Waals surface area contributed by atoms with Gasteiger partial charge in [-0.25, -0.2) is 4.39 Å². The molecule has 0 spiro atoms. The Balaban J connectivity index is 1.71. The molecule has 1 heterocycles. The van der Waals surface area contributed by atoms with Gasteiger partial charge in [0, 0.05) is 36.8 Å². The number of nitrogens with one attached hydrogen (secondary N) is 3. The molecule has 2 aromatic carbocycles. The Morgan fingerprint density at radius 2 is 1.88 bits per heavy atom. The highest BCUT2D eigenvalue weighted by Gasteiger charge is 2.11. The Morgan fingerprint density at radius 1 is 1.15 bits per heavy atom. The summed E-state index contributed by atoms with van der Waals surface area (Å²) in [6.07, 6.45) is 0.898. The molecule has 3 rings (SSSR count). The van der Waals surface area contributed by atoms with Crippen molar-refractivity contribution < 1.29 is 9.18 Å². The number of aromatic nitrogens is 1. The first-order valence-electron chi connectivity index (χ1n) is 8.84. The van der Waals surface area contributed by atoms with Gasteiger partial charge in [0.15, 0.2) is 0 Å². The van der Waals surface area contributed by atoms with Crippen LogP contribution in [-0.4, -0.2) is 10.9 Å². The Hall–Kier alpha value is -2.66. The number of fused-ring (bicyclic) bond motifs is 1. The quantitative estimate of drug-likeness (QED) is 0.614. The molecular formula is C21H24FN3O. The van der Waals surface area contributed by atoms with Crippen LogP contribution in [-0.2, 0) is 24.3 Å². The van der Waals surface area contributed by atoms with E-state index in [0.717, 1.165) is 45.4 Å². The molecule has 0 fully saturated rings. The highest BCUT2D eigenvalue weighted by atomic mass is 19.1. The predicted molar refractivity (Wildman–Crippen MR) is 104 cm³/mol. The van der Waals surface area contributed by atoms with Crippen molar-refractivity contribution in [1.29, 1.82) is 0 Å². The number of aryl methyl sites for hydroxylation is 2. The number of carbonyl (C=O) groups is 1. The van der Waals surface area contributed by atoms with Crippen molar-refractivity contribution in [3.8, 4) is 0 Å². The molecule has 0 aliphatic carbocycles. The number of benzene rings is 2. The first-order chi connectivity index (χ1) is 12.5. The number of carbonyl (C=O) groups excluding carboxylic acids is 1. The number of anilines is 1. The van der Waals surface area contributed by atoms with Crippen LogP contribution in [0.25, 0.3) is 10.9 Å². The number of hydrogen-bond donors (Lipinski definition) is 3. The molecule has 1 aromatic heterocycles. The number of hydrogen-bond acceptors (Lipinski definition) is 2. The van der Waals surface area contributed by atoms with Crippen LogP contribution in [0.3, 0.4) is 0 Å². The molecule has 0 saturated carbocycles. The molecule has 136 valence electrons. The molecule has 0 bridgehead atoms. The summed E-state index contributed by atoms with van der Waals surface area (Å²) in [7, 11) is 0. The second-order valence-electron chi connectivity index (χ2n) is 6.55. The average Bonchev–Trinajstić information content (AvgIpc) is 2.92. The third-order valence-electron chi connectivity index (χ3n) is 4.59. The van der Waals surface area contributed by atoms with Crippen molar-refractivity contribution in [2.75, 3.05) is 5.32 Å². The van der Waals surface area contributed by atoms with E-state index in [1.54, 1.807) is 12.1 Å². The molecule has 4 nitrogen and oxygen atoms in total. The minimum absolute atomic E-state index is 0.0845. The first-order valence-corrected chi connectivity index (χ1v) is 8.84. The Kier molecular flexibility index (Phi) is 5.38. The highest BCUT2D eigenvalue weighted by Crippen LogP contribution is 2.26. The van der Waals surface area contributed by atoms with Gasteiger partial charge in [-0.1, -0.05) is 19.1 Å².